The molecule has 0 radical (unpaired) electrons. The van der Waals surface area contributed by atoms with Crippen LogP contribution in [0, 0.1) is 5.92 Å². The molecule has 0 fully saturated rings. The van der Waals surface area contributed by atoms with Crippen molar-refractivity contribution >= 4 is 0 Å². The third kappa shape index (κ3) is 1.56. The molecule has 1 atom stereocenters. The van der Waals surface area contributed by atoms with Crippen LogP contribution in [-0.4, -0.2) is 21.5 Å². The van der Waals surface area contributed by atoms with Crippen LogP contribution >= 0.6 is 0 Å². The highest BCUT2D eigenvalue weighted by molar-refractivity contribution is 5.10. The lowest BCUT2D eigenvalue weighted by Crippen LogP contribution is -2.37. The van der Waals surface area contributed by atoms with Gasteiger partial charge in [-0.25, -0.2) is 9.07 Å². The van der Waals surface area contributed by atoms with E-state index in [1.165, 1.54) is 10.9 Å². The Kier molecular flexibility index (Phi) is 2.66. The predicted molar refractivity (Wildman–Crippen MR) is 47.7 cm³/mol. The van der Waals surface area contributed by atoms with E-state index in [1.807, 2.05) is 0 Å². The van der Waals surface area contributed by atoms with Crippen LogP contribution in [0.2, 0.25) is 0 Å². The first-order chi connectivity index (χ1) is 6.02. The quantitative estimate of drug-likeness (QED) is 0.751. The molecular weight excluding hydrogens is 171 g/mol. The van der Waals surface area contributed by atoms with E-state index in [4.69, 9.17) is 5.73 Å². The molecule has 0 spiro atoms. The third-order valence-corrected chi connectivity index (χ3v) is 2.35. The standard InChI is InChI=1S/C8H15FN4/c1-6(2)8(9,5-10)7-4-11-12-13(7)3/h4,6H,5,10H2,1-3H3. The average molecular weight is 186 g/mol. The summed E-state index contributed by atoms with van der Waals surface area (Å²) in [6.45, 7) is 3.53. The molecule has 0 aliphatic carbocycles. The molecule has 1 heterocycles. The fourth-order valence-corrected chi connectivity index (χ4v) is 1.30. The van der Waals surface area contributed by atoms with Crippen LogP contribution in [0.15, 0.2) is 6.20 Å². The van der Waals surface area contributed by atoms with Crippen LogP contribution in [0.25, 0.3) is 0 Å². The van der Waals surface area contributed by atoms with E-state index in [0.29, 0.717) is 5.69 Å². The topological polar surface area (TPSA) is 56.7 Å². The van der Waals surface area contributed by atoms with Crippen molar-refractivity contribution in [1.29, 1.82) is 0 Å². The second-order valence-electron chi connectivity index (χ2n) is 3.46. The van der Waals surface area contributed by atoms with E-state index in [1.54, 1.807) is 20.9 Å². The van der Waals surface area contributed by atoms with E-state index in [0.717, 1.165) is 0 Å². The SMILES string of the molecule is CC(C)C(F)(CN)c1cnnn1C. The van der Waals surface area contributed by atoms with Crippen LogP contribution in [-0.2, 0) is 12.7 Å². The molecule has 0 saturated heterocycles. The Balaban J connectivity index is 3.10. The van der Waals surface area contributed by atoms with Gasteiger partial charge in [-0.2, -0.15) is 0 Å². The second-order valence-corrected chi connectivity index (χ2v) is 3.46. The Labute approximate surface area is 76.9 Å². The summed E-state index contributed by atoms with van der Waals surface area (Å²) in [6.07, 6.45) is 1.42. The van der Waals surface area contributed by atoms with Gasteiger partial charge in [-0.3, -0.25) is 0 Å². The van der Waals surface area contributed by atoms with E-state index in [9.17, 15) is 4.39 Å². The summed E-state index contributed by atoms with van der Waals surface area (Å²) in [5.41, 5.74) is 4.33. The van der Waals surface area contributed by atoms with Crippen LogP contribution in [0.4, 0.5) is 4.39 Å². The van der Waals surface area contributed by atoms with Gasteiger partial charge in [-0.15, -0.1) is 5.10 Å². The fraction of sp³-hybridized carbons (Fsp3) is 0.750. The molecule has 2 N–H and O–H groups in total. The zero-order valence-corrected chi connectivity index (χ0v) is 8.16. The van der Waals surface area contributed by atoms with Crippen molar-refractivity contribution in [3.8, 4) is 0 Å². The Morgan fingerprint density at radius 1 is 1.69 bits per heavy atom. The van der Waals surface area contributed by atoms with Crippen LogP contribution in [0.3, 0.4) is 0 Å². The van der Waals surface area contributed by atoms with Gasteiger partial charge in [-0.05, 0) is 5.92 Å². The van der Waals surface area contributed by atoms with Gasteiger partial charge < -0.3 is 5.73 Å². The first-order valence-corrected chi connectivity index (χ1v) is 4.26. The minimum Gasteiger partial charge on any atom is -0.327 e. The van der Waals surface area contributed by atoms with Gasteiger partial charge in [0.15, 0.2) is 5.67 Å². The zero-order chi connectivity index (χ0) is 10.1. The summed E-state index contributed by atoms with van der Waals surface area (Å²) in [7, 11) is 1.66. The van der Waals surface area contributed by atoms with Gasteiger partial charge in [-0.1, -0.05) is 19.1 Å². The first kappa shape index (κ1) is 10.1. The smallest absolute Gasteiger partial charge is 0.168 e. The van der Waals surface area contributed by atoms with E-state index < -0.39 is 5.67 Å². The molecule has 13 heavy (non-hydrogen) atoms. The lowest BCUT2D eigenvalue weighted by Gasteiger charge is -2.27. The maximum absolute atomic E-state index is 14.2. The summed E-state index contributed by atoms with van der Waals surface area (Å²) in [6, 6.07) is 0. The van der Waals surface area contributed by atoms with Crippen LogP contribution in [0.1, 0.15) is 19.5 Å². The van der Waals surface area contributed by atoms with Crippen molar-refractivity contribution in [2.45, 2.75) is 19.5 Å². The molecule has 74 valence electrons. The largest absolute Gasteiger partial charge is 0.327 e. The number of hydrogen-bond donors (Lipinski definition) is 1. The Morgan fingerprint density at radius 2 is 2.31 bits per heavy atom. The Morgan fingerprint density at radius 3 is 2.62 bits per heavy atom. The molecule has 0 aliphatic rings. The molecule has 1 aromatic heterocycles. The Hall–Kier alpha value is -0.970. The van der Waals surface area contributed by atoms with E-state index in [-0.39, 0.29) is 12.5 Å². The summed E-state index contributed by atoms with van der Waals surface area (Å²) in [5, 5.41) is 7.32. The number of nitrogens with zero attached hydrogens (tertiary/aromatic N) is 3. The highest BCUT2D eigenvalue weighted by Crippen LogP contribution is 2.31. The Bertz CT molecular complexity index is 283. The van der Waals surface area contributed by atoms with Crippen molar-refractivity contribution in [2.75, 3.05) is 6.54 Å². The van der Waals surface area contributed by atoms with E-state index in [2.05, 4.69) is 10.3 Å². The molecule has 0 bridgehead atoms. The molecule has 1 unspecified atom stereocenters. The number of aryl methyl sites for hydroxylation is 1. The molecule has 5 heteroatoms. The molecular formula is C8H15FN4. The molecule has 1 aromatic rings. The lowest BCUT2D eigenvalue weighted by atomic mass is 9.89. The molecule has 0 amide bonds. The zero-order valence-electron chi connectivity index (χ0n) is 8.16. The van der Waals surface area contributed by atoms with Gasteiger partial charge in [0, 0.05) is 13.6 Å². The van der Waals surface area contributed by atoms with Crippen LogP contribution < -0.4 is 5.73 Å². The van der Waals surface area contributed by atoms with Crippen molar-refractivity contribution in [1.82, 2.24) is 15.0 Å². The number of nitrogens with two attached hydrogens (primary N) is 1. The number of rotatable bonds is 3. The van der Waals surface area contributed by atoms with Gasteiger partial charge in [0.1, 0.15) is 0 Å². The summed E-state index contributed by atoms with van der Waals surface area (Å²) in [4.78, 5) is 0. The van der Waals surface area contributed by atoms with Gasteiger partial charge in [0.25, 0.3) is 0 Å². The average Bonchev–Trinajstić information content (AvgIpc) is 2.50. The summed E-state index contributed by atoms with van der Waals surface area (Å²) < 4.78 is 15.7. The second kappa shape index (κ2) is 3.41. The highest BCUT2D eigenvalue weighted by atomic mass is 19.1. The summed E-state index contributed by atoms with van der Waals surface area (Å²) in [5.74, 6) is -0.185. The number of hydrogen-bond acceptors (Lipinski definition) is 3. The number of halogens is 1. The monoisotopic (exact) mass is 186 g/mol. The van der Waals surface area contributed by atoms with Crippen molar-refractivity contribution in [3.05, 3.63) is 11.9 Å². The van der Waals surface area contributed by atoms with Gasteiger partial charge in [0.2, 0.25) is 0 Å². The van der Waals surface area contributed by atoms with Crippen molar-refractivity contribution in [2.24, 2.45) is 18.7 Å². The highest BCUT2D eigenvalue weighted by Gasteiger charge is 2.37. The van der Waals surface area contributed by atoms with E-state index >= 15 is 0 Å². The first-order valence-electron chi connectivity index (χ1n) is 4.26. The maximum atomic E-state index is 14.2. The maximum Gasteiger partial charge on any atom is 0.168 e. The van der Waals surface area contributed by atoms with Crippen LogP contribution in [0.5, 0.6) is 0 Å². The number of alkyl halides is 1. The molecule has 0 aromatic carbocycles. The van der Waals surface area contributed by atoms with Crippen molar-refractivity contribution in [3.63, 3.8) is 0 Å². The molecule has 0 saturated carbocycles. The van der Waals surface area contributed by atoms with Gasteiger partial charge in [0.05, 0.1) is 11.9 Å². The predicted octanol–water partition coefficient (Wildman–Crippen LogP) is 0.595. The number of aromatic nitrogens is 3. The third-order valence-electron chi connectivity index (χ3n) is 2.35. The van der Waals surface area contributed by atoms with Gasteiger partial charge >= 0.3 is 0 Å². The normalized spacial score (nSPS) is 16.2. The minimum atomic E-state index is -1.53. The van der Waals surface area contributed by atoms with Crippen molar-refractivity contribution < 1.29 is 4.39 Å². The lowest BCUT2D eigenvalue weighted by molar-refractivity contribution is 0.0986. The molecule has 1 rings (SSSR count). The fourth-order valence-electron chi connectivity index (χ4n) is 1.30. The molecule has 0 aliphatic heterocycles. The molecule has 4 nitrogen and oxygen atoms in total. The minimum absolute atomic E-state index is 0.0497. The summed E-state index contributed by atoms with van der Waals surface area (Å²) >= 11 is 0.